The Morgan fingerprint density at radius 3 is 2.60 bits per heavy atom. The van der Waals surface area contributed by atoms with E-state index in [1.54, 1.807) is 11.6 Å². The summed E-state index contributed by atoms with van der Waals surface area (Å²) in [5.74, 6) is 0. The van der Waals surface area contributed by atoms with Gasteiger partial charge >= 0.3 is 5.69 Å². The normalized spacial score (nSPS) is 12.3. The Morgan fingerprint density at radius 1 is 1.40 bits per heavy atom. The average Bonchev–Trinajstić information content (AvgIpc) is 2.75. The van der Waals surface area contributed by atoms with E-state index in [4.69, 9.17) is 0 Å². The third-order valence-corrected chi connectivity index (χ3v) is 4.07. The van der Waals surface area contributed by atoms with Crippen molar-refractivity contribution in [3.8, 4) is 0 Å². The summed E-state index contributed by atoms with van der Waals surface area (Å²) in [5.41, 5.74) is 2.37. The second-order valence-electron chi connectivity index (χ2n) is 4.54. The first kappa shape index (κ1) is 14.7. The Hall–Kier alpha value is -1.69. The van der Waals surface area contributed by atoms with Gasteiger partial charge in [-0.1, -0.05) is 46.3 Å². The number of rotatable bonds is 5. The van der Waals surface area contributed by atoms with Gasteiger partial charge in [0, 0.05) is 17.8 Å². The molecule has 0 saturated heterocycles. The molecule has 0 saturated carbocycles. The van der Waals surface area contributed by atoms with Crippen molar-refractivity contribution >= 4 is 21.6 Å². The van der Waals surface area contributed by atoms with Gasteiger partial charge in [-0.05, 0) is 19.4 Å². The number of alkyl halides is 1. The van der Waals surface area contributed by atoms with E-state index in [0.29, 0.717) is 24.4 Å². The molecule has 1 aromatic carbocycles. The van der Waals surface area contributed by atoms with Crippen molar-refractivity contribution in [1.82, 2.24) is 9.78 Å². The van der Waals surface area contributed by atoms with Gasteiger partial charge < -0.3 is 0 Å². The van der Waals surface area contributed by atoms with E-state index in [-0.39, 0.29) is 15.4 Å². The molecule has 2 rings (SSSR count). The zero-order chi connectivity index (χ0) is 14.7. The first-order valence-corrected chi connectivity index (χ1v) is 7.35. The number of aromatic nitrogens is 2. The lowest BCUT2D eigenvalue weighted by Gasteiger charge is -2.11. The molecular formula is C14H16BrN3O2. The van der Waals surface area contributed by atoms with E-state index in [2.05, 4.69) is 21.0 Å². The Kier molecular flexibility index (Phi) is 4.54. The highest BCUT2D eigenvalue weighted by molar-refractivity contribution is 9.09. The monoisotopic (exact) mass is 337 g/mol. The second kappa shape index (κ2) is 6.17. The highest BCUT2D eigenvalue weighted by atomic mass is 79.9. The molecule has 0 radical (unpaired) electrons. The Balaban J connectivity index is 2.35. The molecule has 6 heteroatoms. The lowest BCUT2D eigenvalue weighted by molar-refractivity contribution is -0.386. The van der Waals surface area contributed by atoms with Crippen LogP contribution in [-0.4, -0.2) is 14.7 Å². The van der Waals surface area contributed by atoms with Crippen molar-refractivity contribution in [2.24, 2.45) is 0 Å². The molecule has 1 unspecified atom stereocenters. The van der Waals surface area contributed by atoms with Gasteiger partial charge in [0.15, 0.2) is 0 Å². The van der Waals surface area contributed by atoms with Gasteiger partial charge in [0.1, 0.15) is 11.4 Å². The quantitative estimate of drug-likeness (QED) is 0.473. The number of aryl methyl sites for hydroxylation is 2. The molecule has 0 bridgehead atoms. The highest BCUT2D eigenvalue weighted by Gasteiger charge is 2.26. The lowest BCUT2D eigenvalue weighted by Crippen LogP contribution is -2.07. The maximum atomic E-state index is 11.2. The number of benzene rings is 1. The van der Waals surface area contributed by atoms with E-state index in [1.165, 1.54) is 0 Å². The first-order chi connectivity index (χ1) is 9.54. The van der Waals surface area contributed by atoms with Gasteiger partial charge in [-0.25, -0.2) is 0 Å². The van der Waals surface area contributed by atoms with Crippen molar-refractivity contribution in [2.45, 2.75) is 31.6 Å². The maximum Gasteiger partial charge on any atom is 0.313 e. The molecule has 1 atom stereocenters. The third kappa shape index (κ3) is 2.90. The molecule has 1 heterocycles. The minimum absolute atomic E-state index is 0.0313. The fourth-order valence-corrected chi connectivity index (χ4v) is 2.88. The molecular weight excluding hydrogens is 322 g/mol. The second-order valence-corrected chi connectivity index (χ2v) is 5.64. The summed E-state index contributed by atoms with van der Waals surface area (Å²) in [6.45, 7) is 4.24. The molecule has 1 aromatic heterocycles. The smallest absolute Gasteiger partial charge is 0.262 e. The fraction of sp³-hybridized carbons (Fsp3) is 0.357. The van der Waals surface area contributed by atoms with Crippen LogP contribution >= 0.6 is 15.9 Å². The highest BCUT2D eigenvalue weighted by Crippen LogP contribution is 2.32. The average molecular weight is 338 g/mol. The van der Waals surface area contributed by atoms with Crippen LogP contribution in [0.5, 0.6) is 0 Å². The van der Waals surface area contributed by atoms with Crippen LogP contribution in [0.1, 0.15) is 28.7 Å². The van der Waals surface area contributed by atoms with Crippen LogP contribution in [0.15, 0.2) is 30.3 Å². The predicted octanol–water partition coefficient (Wildman–Crippen LogP) is 3.80. The van der Waals surface area contributed by atoms with E-state index < -0.39 is 0 Å². The van der Waals surface area contributed by atoms with Crippen LogP contribution in [0.4, 0.5) is 5.69 Å². The third-order valence-electron chi connectivity index (χ3n) is 3.21. The molecule has 0 amide bonds. The van der Waals surface area contributed by atoms with Gasteiger partial charge in [-0.3, -0.25) is 14.8 Å². The minimum atomic E-state index is -0.339. The van der Waals surface area contributed by atoms with Gasteiger partial charge in [-0.2, -0.15) is 5.10 Å². The maximum absolute atomic E-state index is 11.2. The largest absolute Gasteiger partial charge is 0.313 e. The standard InChI is InChI=1S/C14H16BrN3O2/c1-3-17-13(14(18(19)20)10(2)16-17)9-12(15)11-7-5-4-6-8-11/h4-8,12H,3,9H2,1-2H3. The number of hydrogen-bond donors (Lipinski definition) is 0. The number of halogens is 1. The topological polar surface area (TPSA) is 61.0 Å². The van der Waals surface area contributed by atoms with Crippen LogP contribution in [0, 0.1) is 17.0 Å². The Bertz CT molecular complexity index is 610. The van der Waals surface area contributed by atoms with E-state index in [1.807, 2.05) is 37.3 Å². The van der Waals surface area contributed by atoms with Crippen LogP contribution in [-0.2, 0) is 13.0 Å². The summed E-state index contributed by atoms with van der Waals surface area (Å²) in [4.78, 5) is 10.9. The first-order valence-electron chi connectivity index (χ1n) is 6.44. The number of hydrogen-bond acceptors (Lipinski definition) is 3. The molecule has 2 aromatic rings. The van der Waals surface area contributed by atoms with Crippen molar-refractivity contribution in [1.29, 1.82) is 0 Å². The summed E-state index contributed by atoms with van der Waals surface area (Å²) in [6, 6.07) is 9.88. The van der Waals surface area contributed by atoms with Crippen molar-refractivity contribution in [3.63, 3.8) is 0 Å². The summed E-state index contributed by atoms with van der Waals surface area (Å²) < 4.78 is 1.71. The molecule has 0 spiro atoms. The van der Waals surface area contributed by atoms with Gasteiger partial charge in [-0.15, -0.1) is 0 Å². The molecule has 0 aliphatic rings. The van der Waals surface area contributed by atoms with E-state index in [9.17, 15) is 10.1 Å². The number of nitro groups is 1. The fourth-order valence-electron chi connectivity index (χ4n) is 2.27. The Labute approximate surface area is 125 Å². The minimum Gasteiger partial charge on any atom is -0.262 e. The van der Waals surface area contributed by atoms with Crippen LogP contribution < -0.4 is 0 Å². The molecule has 5 nitrogen and oxygen atoms in total. The van der Waals surface area contributed by atoms with Gasteiger partial charge in [0.05, 0.1) is 4.92 Å². The molecule has 106 valence electrons. The van der Waals surface area contributed by atoms with Crippen molar-refractivity contribution in [2.75, 3.05) is 0 Å². The lowest BCUT2D eigenvalue weighted by atomic mass is 10.1. The van der Waals surface area contributed by atoms with Gasteiger partial charge in [0.25, 0.3) is 0 Å². The SMILES string of the molecule is CCn1nc(C)c([N+](=O)[O-])c1CC(Br)c1ccccc1. The zero-order valence-electron chi connectivity index (χ0n) is 11.4. The molecule has 0 N–H and O–H groups in total. The van der Waals surface area contributed by atoms with Crippen LogP contribution in [0.25, 0.3) is 0 Å². The van der Waals surface area contributed by atoms with Crippen molar-refractivity contribution < 1.29 is 4.92 Å². The summed E-state index contributed by atoms with van der Waals surface area (Å²) >= 11 is 3.61. The molecule has 20 heavy (non-hydrogen) atoms. The summed E-state index contributed by atoms with van der Waals surface area (Å²) in [7, 11) is 0. The van der Waals surface area contributed by atoms with E-state index in [0.717, 1.165) is 5.56 Å². The number of nitrogens with zero attached hydrogens (tertiary/aromatic N) is 3. The zero-order valence-corrected chi connectivity index (χ0v) is 13.0. The summed E-state index contributed by atoms with van der Waals surface area (Å²) in [6.07, 6.45) is 0.537. The van der Waals surface area contributed by atoms with Crippen LogP contribution in [0.3, 0.4) is 0 Å². The van der Waals surface area contributed by atoms with Crippen LogP contribution in [0.2, 0.25) is 0 Å². The van der Waals surface area contributed by atoms with E-state index >= 15 is 0 Å². The predicted molar refractivity (Wildman–Crippen MR) is 81.1 cm³/mol. The molecule has 0 fully saturated rings. The van der Waals surface area contributed by atoms with Crippen molar-refractivity contribution in [3.05, 3.63) is 57.4 Å². The summed E-state index contributed by atoms with van der Waals surface area (Å²) in [5, 5.41) is 15.5. The Morgan fingerprint density at radius 2 is 2.05 bits per heavy atom. The van der Waals surface area contributed by atoms with Gasteiger partial charge in [0.2, 0.25) is 0 Å². The molecule has 0 aliphatic carbocycles. The molecule has 0 aliphatic heterocycles.